The van der Waals surface area contributed by atoms with Crippen molar-refractivity contribution in [3.05, 3.63) is 46.4 Å². The van der Waals surface area contributed by atoms with Crippen LogP contribution in [0.1, 0.15) is 23.6 Å². The van der Waals surface area contributed by atoms with Gasteiger partial charge in [-0.3, -0.25) is 4.79 Å². The summed E-state index contributed by atoms with van der Waals surface area (Å²) in [7, 11) is 0. The van der Waals surface area contributed by atoms with E-state index in [1.807, 2.05) is 13.0 Å². The number of aromatic nitrogens is 2. The lowest BCUT2D eigenvalue weighted by atomic mass is 10.2. The van der Waals surface area contributed by atoms with E-state index in [2.05, 4.69) is 20.8 Å². The number of fused-ring (bicyclic) bond motifs is 1. The van der Waals surface area contributed by atoms with Crippen LogP contribution < -0.4 is 15.4 Å². The highest BCUT2D eigenvalue weighted by molar-refractivity contribution is 6.32. The fourth-order valence-electron chi connectivity index (χ4n) is 3.23. The first-order valence-electron chi connectivity index (χ1n) is 8.99. The van der Waals surface area contributed by atoms with Gasteiger partial charge in [0.05, 0.1) is 23.3 Å². The van der Waals surface area contributed by atoms with Crippen LogP contribution in [0.5, 0.6) is 5.75 Å². The van der Waals surface area contributed by atoms with Crippen LogP contribution in [0, 0.1) is 6.92 Å². The molecule has 7 nitrogen and oxygen atoms in total. The van der Waals surface area contributed by atoms with Gasteiger partial charge < -0.3 is 24.9 Å². The van der Waals surface area contributed by atoms with E-state index in [9.17, 15) is 9.18 Å². The summed E-state index contributed by atoms with van der Waals surface area (Å²) < 4.78 is 24.1. The number of carbonyl (C=O) groups is 1. The van der Waals surface area contributed by atoms with E-state index >= 15 is 0 Å². The molecule has 1 aliphatic heterocycles. The second-order valence-corrected chi connectivity index (χ2v) is 7.31. The van der Waals surface area contributed by atoms with Gasteiger partial charge in [0.2, 0.25) is 5.91 Å². The third-order valence-electron chi connectivity index (χ3n) is 4.62. The molecule has 4 rings (SSSR count). The average Bonchev–Trinajstić information content (AvgIpc) is 3.37. The van der Waals surface area contributed by atoms with E-state index < -0.39 is 12.2 Å². The van der Waals surface area contributed by atoms with Gasteiger partial charge in [-0.25, -0.2) is 4.39 Å². The van der Waals surface area contributed by atoms with E-state index in [1.165, 1.54) is 0 Å². The number of amides is 1. The maximum Gasteiger partial charge on any atom is 0.237 e. The number of hydrogen-bond acceptors (Lipinski definition) is 5. The summed E-state index contributed by atoms with van der Waals surface area (Å²) >= 11 is 6.31. The lowest BCUT2D eigenvalue weighted by Crippen LogP contribution is -2.40. The second-order valence-electron chi connectivity index (χ2n) is 6.90. The summed E-state index contributed by atoms with van der Waals surface area (Å²) in [5.41, 5.74) is 2.43. The summed E-state index contributed by atoms with van der Waals surface area (Å²) in [6.45, 7) is 2.59. The lowest BCUT2D eigenvalue weighted by molar-refractivity contribution is -0.123. The minimum absolute atomic E-state index is 0.205. The predicted octanol–water partition coefficient (Wildman–Crippen LogP) is 3.01. The number of halogens is 2. The van der Waals surface area contributed by atoms with Gasteiger partial charge in [-0.2, -0.15) is 0 Å². The molecule has 3 aromatic rings. The highest BCUT2D eigenvalue weighted by atomic mass is 35.5. The van der Waals surface area contributed by atoms with Crippen LogP contribution >= 0.6 is 11.6 Å². The Kier molecular flexibility index (Phi) is 5.23. The van der Waals surface area contributed by atoms with E-state index in [1.54, 1.807) is 18.2 Å². The zero-order valence-electron chi connectivity index (χ0n) is 15.2. The molecule has 0 saturated carbocycles. The second kappa shape index (κ2) is 7.81. The van der Waals surface area contributed by atoms with E-state index in [-0.39, 0.29) is 25.5 Å². The third-order valence-corrected chi connectivity index (χ3v) is 4.92. The van der Waals surface area contributed by atoms with Crippen molar-refractivity contribution in [2.45, 2.75) is 38.7 Å². The molecule has 1 saturated heterocycles. The fraction of sp³-hybridized carbons (Fsp3) is 0.368. The Labute approximate surface area is 165 Å². The zero-order chi connectivity index (χ0) is 19.7. The number of benzene rings is 1. The third kappa shape index (κ3) is 4.13. The SMILES string of the molecule is Cc1cc(COc2cc3[nH]c(CNC(=O)C4CC(F)CN4)cc3cc2Cl)on1. The van der Waals surface area contributed by atoms with Gasteiger partial charge in [0.15, 0.2) is 5.76 Å². The minimum Gasteiger partial charge on any atom is -0.484 e. The van der Waals surface area contributed by atoms with Gasteiger partial charge >= 0.3 is 0 Å². The number of nitrogens with zero attached hydrogens (tertiary/aromatic N) is 1. The van der Waals surface area contributed by atoms with Gasteiger partial charge in [0, 0.05) is 41.7 Å². The molecule has 0 radical (unpaired) electrons. The molecule has 28 heavy (non-hydrogen) atoms. The molecule has 0 spiro atoms. The molecular weight excluding hydrogens is 387 g/mol. The van der Waals surface area contributed by atoms with Crippen LogP contribution in [0.3, 0.4) is 0 Å². The van der Waals surface area contributed by atoms with Crippen molar-refractivity contribution in [2.75, 3.05) is 6.54 Å². The van der Waals surface area contributed by atoms with Gasteiger partial charge in [0.1, 0.15) is 18.5 Å². The van der Waals surface area contributed by atoms with E-state index in [0.717, 1.165) is 22.3 Å². The van der Waals surface area contributed by atoms with Crippen molar-refractivity contribution in [2.24, 2.45) is 0 Å². The van der Waals surface area contributed by atoms with Crippen molar-refractivity contribution in [1.29, 1.82) is 0 Å². The molecule has 0 aliphatic carbocycles. The van der Waals surface area contributed by atoms with Crippen molar-refractivity contribution >= 4 is 28.4 Å². The Morgan fingerprint density at radius 1 is 1.43 bits per heavy atom. The van der Waals surface area contributed by atoms with Gasteiger partial charge in [-0.15, -0.1) is 0 Å². The molecule has 9 heteroatoms. The van der Waals surface area contributed by atoms with Crippen molar-refractivity contribution in [3.63, 3.8) is 0 Å². The molecule has 2 atom stereocenters. The maximum atomic E-state index is 13.2. The molecule has 3 N–H and O–H groups in total. The number of rotatable bonds is 6. The largest absolute Gasteiger partial charge is 0.484 e. The first-order chi connectivity index (χ1) is 13.5. The molecule has 148 valence electrons. The van der Waals surface area contributed by atoms with Crippen LogP contribution in [0.25, 0.3) is 10.9 Å². The van der Waals surface area contributed by atoms with Crippen LogP contribution in [-0.2, 0) is 17.9 Å². The number of alkyl halides is 1. The first-order valence-corrected chi connectivity index (χ1v) is 9.37. The quantitative estimate of drug-likeness (QED) is 0.585. The van der Waals surface area contributed by atoms with Crippen LogP contribution in [0.2, 0.25) is 5.02 Å². The van der Waals surface area contributed by atoms with Gasteiger partial charge in [-0.1, -0.05) is 16.8 Å². The zero-order valence-corrected chi connectivity index (χ0v) is 16.0. The molecule has 2 aromatic heterocycles. The van der Waals surface area contributed by atoms with Crippen LogP contribution in [-0.4, -0.2) is 34.8 Å². The molecule has 3 heterocycles. The lowest BCUT2D eigenvalue weighted by Gasteiger charge is -2.09. The summed E-state index contributed by atoms with van der Waals surface area (Å²) in [5.74, 6) is 0.924. The number of nitrogens with one attached hydrogen (secondary N) is 3. The van der Waals surface area contributed by atoms with Crippen LogP contribution in [0.15, 0.2) is 28.8 Å². The van der Waals surface area contributed by atoms with E-state index in [0.29, 0.717) is 23.1 Å². The van der Waals surface area contributed by atoms with Gasteiger partial charge in [0.25, 0.3) is 0 Å². The predicted molar refractivity (Wildman–Crippen MR) is 102 cm³/mol. The highest BCUT2D eigenvalue weighted by Crippen LogP contribution is 2.31. The number of aryl methyl sites for hydroxylation is 1. The molecule has 1 aromatic carbocycles. The van der Waals surface area contributed by atoms with Gasteiger partial charge in [-0.05, 0) is 19.1 Å². The number of H-pyrrole nitrogens is 1. The standard InChI is InChI=1S/C19H20ClFN4O3/c1-10-2-14(28-25-10)9-27-18-6-16-11(4-15(18)20)3-13(24-16)8-23-19(26)17-5-12(21)7-22-17/h2-4,6,12,17,22,24H,5,7-9H2,1H3,(H,23,26). The molecule has 1 amide bonds. The Hall–Kier alpha value is -2.58. The number of aromatic amines is 1. The number of carbonyl (C=O) groups excluding carboxylic acids is 1. The Morgan fingerprint density at radius 3 is 3.00 bits per heavy atom. The molecule has 1 aliphatic rings. The Bertz CT molecular complexity index is 1000. The summed E-state index contributed by atoms with van der Waals surface area (Å²) in [6, 6.07) is 6.83. The molecule has 2 unspecified atom stereocenters. The Balaban J connectivity index is 1.41. The summed E-state index contributed by atoms with van der Waals surface area (Å²) in [6.07, 6.45) is -0.759. The first kappa shape index (κ1) is 18.8. The van der Waals surface area contributed by atoms with Crippen molar-refractivity contribution in [1.82, 2.24) is 20.8 Å². The number of hydrogen-bond donors (Lipinski definition) is 3. The highest BCUT2D eigenvalue weighted by Gasteiger charge is 2.28. The molecule has 0 bridgehead atoms. The maximum absolute atomic E-state index is 13.2. The molecule has 1 fully saturated rings. The minimum atomic E-state index is -0.967. The van der Waals surface area contributed by atoms with Crippen LogP contribution in [0.4, 0.5) is 4.39 Å². The Morgan fingerprint density at radius 2 is 2.29 bits per heavy atom. The van der Waals surface area contributed by atoms with Crippen molar-refractivity contribution < 1.29 is 18.4 Å². The fourth-order valence-corrected chi connectivity index (χ4v) is 3.46. The smallest absolute Gasteiger partial charge is 0.237 e. The monoisotopic (exact) mass is 406 g/mol. The molecular formula is C19H20ClFN4O3. The topological polar surface area (TPSA) is 92.2 Å². The normalized spacial score (nSPS) is 19.2. The van der Waals surface area contributed by atoms with E-state index in [4.69, 9.17) is 20.9 Å². The summed E-state index contributed by atoms with van der Waals surface area (Å²) in [4.78, 5) is 15.3. The number of ether oxygens (including phenoxy) is 1. The van der Waals surface area contributed by atoms with Crippen molar-refractivity contribution in [3.8, 4) is 5.75 Å². The summed E-state index contributed by atoms with van der Waals surface area (Å²) in [5, 5.41) is 10.9. The average molecular weight is 407 g/mol.